The molecule has 12 heavy (non-hydrogen) atoms. The fourth-order valence-electron chi connectivity index (χ4n) is 2.07. The highest BCUT2D eigenvalue weighted by molar-refractivity contribution is 4.86. The Morgan fingerprint density at radius 1 is 1.50 bits per heavy atom. The Kier molecular flexibility index (Phi) is 2.63. The molecule has 2 heterocycles. The van der Waals surface area contributed by atoms with E-state index in [-0.39, 0.29) is 0 Å². The molecular formula is C9H18N2O. The second kappa shape index (κ2) is 3.73. The maximum atomic E-state index is 5.77. The molecule has 2 fully saturated rings. The molecule has 2 rings (SSSR count). The van der Waals surface area contributed by atoms with Crippen LogP contribution in [0.25, 0.3) is 0 Å². The van der Waals surface area contributed by atoms with Crippen molar-refractivity contribution >= 4 is 0 Å². The summed E-state index contributed by atoms with van der Waals surface area (Å²) < 4.78 is 5.77. The SMILES string of the molecule is CN1CC[C@H]2NCCCO[C@@H]2C1. The van der Waals surface area contributed by atoms with Crippen LogP contribution in [-0.2, 0) is 4.74 Å². The van der Waals surface area contributed by atoms with Gasteiger partial charge in [-0.2, -0.15) is 0 Å². The quantitative estimate of drug-likeness (QED) is 0.557. The van der Waals surface area contributed by atoms with E-state index in [0.29, 0.717) is 12.1 Å². The molecule has 0 aromatic rings. The zero-order valence-corrected chi connectivity index (χ0v) is 7.75. The Balaban J connectivity index is 1.94. The number of piperidine rings is 1. The number of likely N-dealkylation sites (N-methyl/N-ethyl adjacent to an activating group) is 1. The highest BCUT2D eigenvalue weighted by atomic mass is 16.5. The first kappa shape index (κ1) is 8.48. The number of hydrogen-bond donors (Lipinski definition) is 1. The normalized spacial score (nSPS) is 38.8. The summed E-state index contributed by atoms with van der Waals surface area (Å²) >= 11 is 0. The zero-order chi connectivity index (χ0) is 8.39. The van der Waals surface area contributed by atoms with Crippen molar-refractivity contribution in [2.24, 2.45) is 0 Å². The third-order valence-electron chi connectivity index (χ3n) is 2.82. The fourth-order valence-corrected chi connectivity index (χ4v) is 2.07. The van der Waals surface area contributed by atoms with Crippen molar-refractivity contribution in [3.63, 3.8) is 0 Å². The largest absolute Gasteiger partial charge is 0.375 e. The molecule has 1 N–H and O–H groups in total. The zero-order valence-electron chi connectivity index (χ0n) is 7.75. The van der Waals surface area contributed by atoms with Crippen molar-refractivity contribution in [1.82, 2.24) is 10.2 Å². The van der Waals surface area contributed by atoms with Gasteiger partial charge in [0, 0.05) is 19.2 Å². The van der Waals surface area contributed by atoms with E-state index >= 15 is 0 Å². The van der Waals surface area contributed by atoms with Crippen LogP contribution in [0.3, 0.4) is 0 Å². The number of hydrogen-bond acceptors (Lipinski definition) is 3. The van der Waals surface area contributed by atoms with Crippen LogP contribution in [-0.4, -0.2) is 50.3 Å². The van der Waals surface area contributed by atoms with Gasteiger partial charge in [-0.3, -0.25) is 0 Å². The number of rotatable bonds is 0. The minimum atomic E-state index is 0.436. The Labute approximate surface area is 74.1 Å². The summed E-state index contributed by atoms with van der Waals surface area (Å²) in [6.45, 7) is 4.36. The molecule has 2 aliphatic rings. The van der Waals surface area contributed by atoms with Crippen LogP contribution in [0.2, 0.25) is 0 Å². The summed E-state index contributed by atoms with van der Waals surface area (Å²) in [6.07, 6.45) is 2.84. The molecule has 0 bridgehead atoms. The first-order valence-corrected chi connectivity index (χ1v) is 4.90. The van der Waals surface area contributed by atoms with Crippen molar-refractivity contribution in [3.05, 3.63) is 0 Å². The van der Waals surface area contributed by atoms with Crippen molar-refractivity contribution in [2.45, 2.75) is 25.0 Å². The van der Waals surface area contributed by atoms with E-state index in [1.165, 1.54) is 13.0 Å². The third-order valence-corrected chi connectivity index (χ3v) is 2.82. The molecule has 0 unspecified atom stereocenters. The second-order valence-electron chi connectivity index (χ2n) is 3.87. The lowest BCUT2D eigenvalue weighted by Gasteiger charge is -2.35. The summed E-state index contributed by atoms with van der Waals surface area (Å²) in [4.78, 5) is 2.36. The van der Waals surface area contributed by atoms with Crippen LogP contribution in [0.5, 0.6) is 0 Å². The van der Waals surface area contributed by atoms with Crippen LogP contribution in [0.4, 0.5) is 0 Å². The second-order valence-corrected chi connectivity index (χ2v) is 3.87. The maximum Gasteiger partial charge on any atom is 0.0854 e. The van der Waals surface area contributed by atoms with Gasteiger partial charge in [0.1, 0.15) is 0 Å². The van der Waals surface area contributed by atoms with Crippen molar-refractivity contribution in [2.75, 3.05) is 33.3 Å². The molecule has 0 aromatic heterocycles. The molecule has 2 saturated heterocycles. The van der Waals surface area contributed by atoms with Crippen LogP contribution in [0.15, 0.2) is 0 Å². The van der Waals surface area contributed by atoms with Gasteiger partial charge in [-0.15, -0.1) is 0 Å². The van der Waals surface area contributed by atoms with Gasteiger partial charge in [0.2, 0.25) is 0 Å². The number of ether oxygens (including phenoxy) is 1. The lowest BCUT2D eigenvalue weighted by atomic mass is 10.0. The van der Waals surface area contributed by atoms with Gasteiger partial charge in [-0.25, -0.2) is 0 Å². The predicted molar refractivity (Wildman–Crippen MR) is 48.3 cm³/mol. The maximum absolute atomic E-state index is 5.77. The molecular weight excluding hydrogens is 152 g/mol. The van der Waals surface area contributed by atoms with E-state index in [0.717, 1.165) is 26.1 Å². The van der Waals surface area contributed by atoms with Crippen LogP contribution >= 0.6 is 0 Å². The standard InChI is InChI=1S/C9H18N2O/c1-11-5-3-8-9(7-11)12-6-2-4-10-8/h8-10H,2-7H2,1H3/t8-,9-/m1/s1. The van der Waals surface area contributed by atoms with E-state index in [9.17, 15) is 0 Å². The molecule has 0 saturated carbocycles. The van der Waals surface area contributed by atoms with Gasteiger partial charge < -0.3 is 15.0 Å². The Morgan fingerprint density at radius 3 is 3.33 bits per heavy atom. The number of likely N-dealkylation sites (tertiary alicyclic amines) is 1. The molecule has 2 aliphatic heterocycles. The summed E-state index contributed by atoms with van der Waals surface area (Å²) in [5, 5.41) is 3.55. The first-order valence-electron chi connectivity index (χ1n) is 4.90. The molecule has 0 aliphatic carbocycles. The highest BCUT2D eigenvalue weighted by Gasteiger charge is 2.28. The molecule has 0 spiro atoms. The lowest BCUT2D eigenvalue weighted by molar-refractivity contribution is -0.00147. The van der Waals surface area contributed by atoms with Gasteiger partial charge in [-0.05, 0) is 33.0 Å². The van der Waals surface area contributed by atoms with Crippen molar-refractivity contribution in [1.29, 1.82) is 0 Å². The summed E-state index contributed by atoms with van der Waals surface area (Å²) in [7, 11) is 2.17. The van der Waals surface area contributed by atoms with E-state index in [4.69, 9.17) is 4.74 Å². The highest BCUT2D eigenvalue weighted by Crippen LogP contribution is 2.14. The van der Waals surface area contributed by atoms with E-state index in [1.807, 2.05) is 0 Å². The average Bonchev–Trinajstić information content (AvgIpc) is 2.28. The van der Waals surface area contributed by atoms with E-state index in [2.05, 4.69) is 17.3 Å². The van der Waals surface area contributed by atoms with Gasteiger partial charge >= 0.3 is 0 Å². The van der Waals surface area contributed by atoms with Gasteiger partial charge in [-0.1, -0.05) is 0 Å². The summed E-state index contributed by atoms with van der Waals surface area (Å²) in [5.74, 6) is 0. The number of nitrogens with one attached hydrogen (secondary N) is 1. The topological polar surface area (TPSA) is 24.5 Å². The number of nitrogens with zero attached hydrogens (tertiary/aromatic N) is 1. The molecule has 0 radical (unpaired) electrons. The minimum absolute atomic E-state index is 0.436. The third kappa shape index (κ3) is 1.79. The van der Waals surface area contributed by atoms with Crippen LogP contribution < -0.4 is 5.32 Å². The number of fused-ring (bicyclic) bond motifs is 1. The molecule has 0 aromatic carbocycles. The molecule has 3 heteroatoms. The van der Waals surface area contributed by atoms with Gasteiger partial charge in [0.05, 0.1) is 6.10 Å². The summed E-state index contributed by atoms with van der Waals surface area (Å²) in [5.41, 5.74) is 0. The Hall–Kier alpha value is -0.120. The smallest absolute Gasteiger partial charge is 0.0854 e. The van der Waals surface area contributed by atoms with Gasteiger partial charge in [0.25, 0.3) is 0 Å². The summed E-state index contributed by atoms with van der Waals surface area (Å²) in [6, 6.07) is 0.615. The van der Waals surface area contributed by atoms with Crippen molar-refractivity contribution < 1.29 is 4.74 Å². The molecule has 70 valence electrons. The lowest BCUT2D eigenvalue weighted by Crippen LogP contribution is -2.51. The predicted octanol–water partition coefficient (Wildman–Crippen LogP) is 0.0690. The van der Waals surface area contributed by atoms with Crippen LogP contribution in [0, 0.1) is 0 Å². The van der Waals surface area contributed by atoms with Crippen molar-refractivity contribution in [3.8, 4) is 0 Å². The Morgan fingerprint density at radius 2 is 2.42 bits per heavy atom. The molecule has 3 nitrogen and oxygen atoms in total. The minimum Gasteiger partial charge on any atom is -0.375 e. The fraction of sp³-hybridized carbons (Fsp3) is 1.00. The Bertz CT molecular complexity index is 151. The van der Waals surface area contributed by atoms with Crippen LogP contribution in [0.1, 0.15) is 12.8 Å². The molecule has 2 atom stereocenters. The average molecular weight is 170 g/mol. The molecule has 0 amide bonds. The van der Waals surface area contributed by atoms with E-state index in [1.54, 1.807) is 0 Å². The van der Waals surface area contributed by atoms with Gasteiger partial charge in [0.15, 0.2) is 0 Å². The van der Waals surface area contributed by atoms with E-state index < -0.39 is 0 Å². The monoisotopic (exact) mass is 170 g/mol. The first-order chi connectivity index (χ1) is 5.86.